The number of rotatable bonds is 4. The van der Waals surface area contributed by atoms with Gasteiger partial charge in [-0.2, -0.15) is 0 Å². The molecule has 1 fully saturated rings. The van der Waals surface area contributed by atoms with Gasteiger partial charge < -0.3 is 18.6 Å². The van der Waals surface area contributed by atoms with Crippen LogP contribution in [0.1, 0.15) is 48.0 Å². The number of benzene rings is 1. The maximum atomic E-state index is 12.9. The van der Waals surface area contributed by atoms with Crippen molar-refractivity contribution in [3.05, 3.63) is 60.2 Å². The Morgan fingerprint density at radius 1 is 1.19 bits per heavy atom. The quantitative estimate of drug-likeness (QED) is 0.669. The highest BCUT2D eigenvalue weighted by molar-refractivity contribution is 5.91. The first kappa shape index (κ1) is 17.4. The molecule has 1 atom stereocenters. The molecule has 0 bridgehead atoms. The predicted molar refractivity (Wildman–Crippen MR) is 99.4 cm³/mol. The second-order valence-electron chi connectivity index (χ2n) is 6.68. The van der Waals surface area contributed by atoms with Crippen molar-refractivity contribution in [2.24, 2.45) is 0 Å². The summed E-state index contributed by atoms with van der Waals surface area (Å²) < 4.78 is 16.2. The van der Waals surface area contributed by atoms with Crippen LogP contribution in [0.5, 0.6) is 5.75 Å². The van der Waals surface area contributed by atoms with Gasteiger partial charge >= 0.3 is 0 Å². The molecule has 1 aliphatic heterocycles. The average molecular weight is 366 g/mol. The minimum atomic E-state index is -0.135. The van der Waals surface area contributed by atoms with E-state index in [1.54, 1.807) is 19.2 Å². The number of carbonyl (C=O) groups excluding carboxylic acids is 1. The van der Waals surface area contributed by atoms with E-state index in [4.69, 9.17) is 13.7 Å². The Bertz CT molecular complexity index is 883. The Hall–Kier alpha value is -3.02. The molecule has 3 heterocycles. The molecule has 140 valence electrons. The lowest BCUT2D eigenvalue weighted by Crippen LogP contribution is -2.34. The number of aromatic nitrogens is 1. The molecule has 0 saturated carbocycles. The third-order valence-electron chi connectivity index (χ3n) is 4.99. The van der Waals surface area contributed by atoms with Gasteiger partial charge in [-0.05, 0) is 49.2 Å². The zero-order valence-corrected chi connectivity index (χ0v) is 15.3. The van der Waals surface area contributed by atoms with Crippen LogP contribution in [-0.4, -0.2) is 29.6 Å². The van der Waals surface area contributed by atoms with Crippen molar-refractivity contribution in [2.75, 3.05) is 13.7 Å². The zero-order chi connectivity index (χ0) is 18.6. The standard InChI is InChI=1S/C21H22N2O4/c1-25-16-10-8-15(9-11-16)17-14-20(27-22-17)18-6-3-2-4-12-23(18)21(24)19-7-5-13-26-19/h5,7-11,13-14,18H,2-4,6,12H2,1H3/t18-/m0/s1. The molecule has 27 heavy (non-hydrogen) atoms. The fourth-order valence-corrected chi connectivity index (χ4v) is 3.53. The molecule has 6 nitrogen and oxygen atoms in total. The fraction of sp³-hybridized carbons (Fsp3) is 0.333. The number of amides is 1. The Balaban J connectivity index is 1.61. The number of furan rings is 1. The largest absolute Gasteiger partial charge is 0.497 e. The lowest BCUT2D eigenvalue weighted by Gasteiger charge is -2.27. The van der Waals surface area contributed by atoms with Gasteiger partial charge in [0.15, 0.2) is 11.5 Å². The van der Waals surface area contributed by atoms with Gasteiger partial charge in [0, 0.05) is 18.2 Å². The molecule has 1 saturated heterocycles. The highest BCUT2D eigenvalue weighted by atomic mass is 16.5. The van der Waals surface area contributed by atoms with E-state index < -0.39 is 0 Å². The van der Waals surface area contributed by atoms with Crippen LogP contribution in [0.25, 0.3) is 11.3 Å². The summed E-state index contributed by atoms with van der Waals surface area (Å²) in [5.41, 5.74) is 1.70. The maximum Gasteiger partial charge on any atom is 0.290 e. The van der Waals surface area contributed by atoms with Crippen molar-refractivity contribution in [2.45, 2.75) is 31.7 Å². The van der Waals surface area contributed by atoms with E-state index in [1.807, 2.05) is 35.2 Å². The highest BCUT2D eigenvalue weighted by Crippen LogP contribution is 2.33. The summed E-state index contributed by atoms with van der Waals surface area (Å²) in [6.45, 7) is 0.683. The molecule has 1 aromatic carbocycles. The Labute approximate surface area is 157 Å². The van der Waals surface area contributed by atoms with E-state index in [2.05, 4.69) is 5.16 Å². The van der Waals surface area contributed by atoms with Gasteiger partial charge in [-0.15, -0.1) is 0 Å². The molecular formula is C21H22N2O4. The van der Waals surface area contributed by atoms with E-state index in [-0.39, 0.29) is 11.9 Å². The van der Waals surface area contributed by atoms with Gasteiger partial charge in [0.2, 0.25) is 0 Å². The second kappa shape index (κ2) is 7.70. The fourth-order valence-electron chi connectivity index (χ4n) is 3.53. The van der Waals surface area contributed by atoms with E-state index in [0.717, 1.165) is 42.7 Å². The Kier molecular flexibility index (Phi) is 4.96. The summed E-state index contributed by atoms with van der Waals surface area (Å²) in [7, 11) is 1.64. The van der Waals surface area contributed by atoms with Gasteiger partial charge in [-0.25, -0.2) is 0 Å². The summed E-state index contributed by atoms with van der Waals surface area (Å²) >= 11 is 0. The van der Waals surface area contributed by atoms with Crippen molar-refractivity contribution in [3.8, 4) is 17.0 Å². The van der Waals surface area contributed by atoms with E-state index >= 15 is 0 Å². The summed E-state index contributed by atoms with van der Waals surface area (Å²) in [5.74, 6) is 1.76. The minimum absolute atomic E-state index is 0.103. The number of nitrogens with zero attached hydrogens (tertiary/aromatic N) is 2. The van der Waals surface area contributed by atoms with Crippen molar-refractivity contribution < 1.29 is 18.5 Å². The van der Waals surface area contributed by atoms with E-state index in [1.165, 1.54) is 6.26 Å². The third-order valence-corrected chi connectivity index (χ3v) is 4.99. The number of carbonyl (C=O) groups is 1. The average Bonchev–Trinajstić information content (AvgIpc) is 3.36. The second-order valence-corrected chi connectivity index (χ2v) is 6.68. The van der Waals surface area contributed by atoms with Crippen molar-refractivity contribution in [1.82, 2.24) is 10.1 Å². The number of likely N-dealkylation sites (tertiary alicyclic amines) is 1. The van der Waals surface area contributed by atoms with Crippen LogP contribution in [0.15, 0.2) is 57.7 Å². The number of methoxy groups -OCH3 is 1. The van der Waals surface area contributed by atoms with Crippen LogP contribution in [0, 0.1) is 0 Å². The summed E-state index contributed by atoms with van der Waals surface area (Å²) in [4.78, 5) is 14.8. The van der Waals surface area contributed by atoms with Crippen LogP contribution in [0.4, 0.5) is 0 Å². The number of hydrogen-bond acceptors (Lipinski definition) is 5. The first-order valence-corrected chi connectivity index (χ1v) is 9.22. The van der Waals surface area contributed by atoms with Gasteiger partial charge in [0.1, 0.15) is 11.4 Å². The molecule has 0 N–H and O–H groups in total. The molecule has 4 rings (SSSR count). The van der Waals surface area contributed by atoms with Crippen LogP contribution >= 0.6 is 0 Å². The zero-order valence-electron chi connectivity index (χ0n) is 15.3. The van der Waals surface area contributed by atoms with E-state index in [0.29, 0.717) is 18.1 Å². The maximum absolute atomic E-state index is 12.9. The predicted octanol–water partition coefficient (Wildman–Crippen LogP) is 4.70. The molecule has 0 unspecified atom stereocenters. The molecular weight excluding hydrogens is 344 g/mol. The SMILES string of the molecule is COc1ccc(-c2cc([C@@H]3CCCCCN3C(=O)c3ccco3)on2)cc1. The topological polar surface area (TPSA) is 68.7 Å². The Morgan fingerprint density at radius 2 is 2.04 bits per heavy atom. The Morgan fingerprint density at radius 3 is 2.78 bits per heavy atom. The monoisotopic (exact) mass is 366 g/mol. The summed E-state index contributed by atoms with van der Waals surface area (Å²) in [6, 6.07) is 12.9. The van der Waals surface area contributed by atoms with E-state index in [9.17, 15) is 4.79 Å². The molecule has 1 amide bonds. The molecule has 0 aliphatic carbocycles. The van der Waals surface area contributed by atoms with Gasteiger partial charge in [0.05, 0.1) is 19.4 Å². The van der Waals surface area contributed by atoms with Gasteiger partial charge in [-0.1, -0.05) is 18.0 Å². The molecule has 3 aromatic rings. The van der Waals surface area contributed by atoms with Crippen LogP contribution < -0.4 is 4.74 Å². The molecule has 0 spiro atoms. The van der Waals surface area contributed by atoms with Crippen molar-refractivity contribution in [3.63, 3.8) is 0 Å². The molecule has 2 aromatic heterocycles. The smallest absolute Gasteiger partial charge is 0.290 e. The van der Waals surface area contributed by atoms with Crippen molar-refractivity contribution in [1.29, 1.82) is 0 Å². The number of ether oxygens (including phenoxy) is 1. The first-order valence-electron chi connectivity index (χ1n) is 9.22. The molecule has 1 aliphatic rings. The minimum Gasteiger partial charge on any atom is -0.497 e. The third kappa shape index (κ3) is 3.60. The summed E-state index contributed by atoms with van der Waals surface area (Å²) in [6.07, 6.45) is 5.49. The molecule has 6 heteroatoms. The van der Waals surface area contributed by atoms with Crippen molar-refractivity contribution >= 4 is 5.91 Å². The summed E-state index contributed by atoms with van der Waals surface area (Å²) in [5, 5.41) is 4.23. The first-order chi connectivity index (χ1) is 13.3. The lowest BCUT2D eigenvalue weighted by atomic mass is 10.1. The van der Waals surface area contributed by atoms with Crippen LogP contribution in [-0.2, 0) is 0 Å². The highest BCUT2D eigenvalue weighted by Gasteiger charge is 2.31. The molecule has 0 radical (unpaired) electrons. The van der Waals surface area contributed by atoms with Crippen LogP contribution in [0.2, 0.25) is 0 Å². The normalized spacial score (nSPS) is 17.5. The number of hydrogen-bond donors (Lipinski definition) is 0. The lowest BCUT2D eigenvalue weighted by molar-refractivity contribution is 0.0618. The van der Waals surface area contributed by atoms with Gasteiger partial charge in [-0.3, -0.25) is 4.79 Å². The van der Waals surface area contributed by atoms with Crippen LogP contribution in [0.3, 0.4) is 0 Å². The van der Waals surface area contributed by atoms with Gasteiger partial charge in [0.25, 0.3) is 5.91 Å².